The van der Waals surface area contributed by atoms with E-state index in [2.05, 4.69) is 75.1 Å². The van der Waals surface area contributed by atoms with Crippen molar-refractivity contribution in [2.24, 2.45) is 5.73 Å². The predicted octanol–water partition coefficient (Wildman–Crippen LogP) is 3.92. The van der Waals surface area contributed by atoms with Gasteiger partial charge in [0.1, 0.15) is 5.69 Å². The van der Waals surface area contributed by atoms with Gasteiger partial charge in [-0.25, -0.2) is 4.98 Å². The van der Waals surface area contributed by atoms with E-state index in [1.165, 1.54) is 29.4 Å². The molecule has 1 aromatic carbocycles. The Morgan fingerprint density at radius 3 is 2.73 bits per heavy atom. The van der Waals surface area contributed by atoms with Crippen LogP contribution in [0, 0.1) is 0 Å². The zero-order valence-electron chi connectivity index (χ0n) is 17.2. The largest absolute Gasteiger partial charge is 0.326 e. The molecule has 0 spiro atoms. The van der Waals surface area contributed by atoms with Crippen molar-refractivity contribution in [3.8, 4) is 11.5 Å². The van der Waals surface area contributed by atoms with E-state index < -0.39 is 0 Å². The van der Waals surface area contributed by atoms with Crippen LogP contribution < -0.4 is 5.73 Å². The monoisotopic (exact) mass is 398 g/mol. The van der Waals surface area contributed by atoms with Crippen molar-refractivity contribution in [2.45, 2.75) is 44.2 Å². The molecule has 4 aromatic rings. The van der Waals surface area contributed by atoms with Gasteiger partial charge in [-0.3, -0.25) is 9.30 Å². The molecule has 1 saturated carbocycles. The molecule has 6 heteroatoms. The Morgan fingerprint density at radius 2 is 1.93 bits per heavy atom. The van der Waals surface area contributed by atoms with E-state index in [4.69, 9.17) is 10.7 Å². The predicted molar refractivity (Wildman–Crippen MR) is 118 cm³/mol. The lowest BCUT2D eigenvalue weighted by Gasteiger charge is -2.24. The number of nitrogens with zero attached hydrogens (tertiary/aromatic N) is 5. The third-order valence-corrected chi connectivity index (χ3v) is 6.71. The average Bonchev–Trinajstić information content (AvgIpc) is 3.39. The van der Waals surface area contributed by atoms with Crippen LogP contribution in [0.2, 0.25) is 0 Å². The highest BCUT2D eigenvalue weighted by Gasteiger charge is 2.27. The summed E-state index contributed by atoms with van der Waals surface area (Å²) in [5.41, 5.74) is 11.6. The minimum Gasteiger partial charge on any atom is -0.326 e. The first kappa shape index (κ1) is 18.0. The van der Waals surface area contributed by atoms with Gasteiger partial charge in [-0.1, -0.05) is 30.3 Å². The van der Waals surface area contributed by atoms with Crippen LogP contribution in [0.1, 0.15) is 49.3 Å². The van der Waals surface area contributed by atoms with Crippen LogP contribution in [0.25, 0.3) is 28.1 Å². The summed E-state index contributed by atoms with van der Waals surface area (Å²) < 4.78 is 2.08. The topological polar surface area (TPSA) is 72.3 Å². The highest BCUT2D eigenvalue weighted by molar-refractivity contribution is 5.84. The number of nitrogens with two attached hydrogens (primary N) is 1. The molecule has 4 heterocycles. The van der Waals surface area contributed by atoms with Gasteiger partial charge >= 0.3 is 0 Å². The van der Waals surface area contributed by atoms with Crippen molar-refractivity contribution in [1.82, 2.24) is 24.5 Å². The van der Waals surface area contributed by atoms with E-state index in [1.807, 2.05) is 0 Å². The van der Waals surface area contributed by atoms with Gasteiger partial charge < -0.3 is 5.73 Å². The van der Waals surface area contributed by atoms with E-state index in [0.717, 1.165) is 42.2 Å². The minimum absolute atomic E-state index is 0.282. The Labute approximate surface area is 175 Å². The summed E-state index contributed by atoms with van der Waals surface area (Å²) in [5, 5.41) is 10.1. The number of aromatic nitrogens is 4. The van der Waals surface area contributed by atoms with Crippen LogP contribution in [0.4, 0.5) is 0 Å². The first-order valence-electron chi connectivity index (χ1n) is 10.9. The maximum atomic E-state index is 6.12. The highest BCUT2D eigenvalue weighted by Crippen LogP contribution is 2.42. The first-order valence-corrected chi connectivity index (χ1v) is 10.9. The standard InChI is InChI=1S/C24H26N6/c1-15(29-12-11-19(25)14-29)18-8-10-22-27-28-24(30(22)13-18)21-9-7-17-3-2-4-20(16-5-6-16)23(17)26-21/h2-4,7-10,13,15-16,19H,5-6,11-12,14,25H2,1H3/t15-,19-/m0/s1. The van der Waals surface area contributed by atoms with Gasteiger partial charge in [0.2, 0.25) is 0 Å². The molecule has 2 N–H and O–H groups in total. The van der Waals surface area contributed by atoms with E-state index in [9.17, 15) is 0 Å². The second-order valence-corrected chi connectivity index (χ2v) is 8.82. The summed E-state index contributed by atoms with van der Waals surface area (Å²) in [5.74, 6) is 1.45. The fourth-order valence-electron chi connectivity index (χ4n) is 4.73. The Morgan fingerprint density at radius 1 is 1.03 bits per heavy atom. The molecule has 152 valence electrons. The molecule has 30 heavy (non-hydrogen) atoms. The van der Waals surface area contributed by atoms with Gasteiger partial charge in [0.15, 0.2) is 11.5 Å². The van der Waals surface area contributed by atoms with E-state index in [0.29, 0.717) is 12.0 Å². The maximum Gasteiger partial charge on any atom is 0.187 e. The van der Waals surface area contributed by atoms with E-state index in [1.54, 1.807) is 0 Å². The number of rotatable bonds is 4. The molecular formula is C24H26N6. The van der Waals surface area contributed by atoms with Crippen molar-refractivity contribution in [2.75, 3.05) is 13.1 Å². The minimum atomic E-state index is 0.282. The molecule has 0 radical (unpaired) electrons. The number of likely N-dealkylation sites (tertiary alicyclic amines) is 1. The van der Waals surface area contributed by atoms with Gasteiger partial charge in [0.05, 0.1) is 5.52 Å². The molecule has 0 unspecified atom stereocenters. The summed E-state index contributed by atoms with van der Waals surface area (Å²) in [6.45, 7) is 4.25. The Kier molecular flexibility index (Phi) is 4.11. The number of para-hydroxylation sites is 1. The van der Waals surface area contributed by atoms with Crippen LogP contribution in [-0.2, 0) is 0 Å². The summed E-state index contributed by atoms with van der Waals surface area (Å²) in [4.78, 5) is 7.49. The Balaban J connectivity index is 1.43. The summed E-state index contributed by atoms with van der Waals surface area (Å²) in [6, 6.07) is 15.5. The van der Waals surface area contributed by atoms with Crippen LogP contribution in [0.3, 0.4) is 0 Å². The van der Waals surface area contributed by atoms with Gasteiger partial charge in [0, 0.05) is 36.8 Å². The third kappa shape index (κ3) is 2.99. The smallest absolute Gasteiger partial charge is 0.187 e. The van der Waals surface area contributed by atoms with Crippen molar-refractivity contribution in [3.05, 3.63) is 59.8 Å². The summed E-state index contributed by atoms with van der Waals surface area (Å²) in [6.07, 6.45) is 5.76. The van der Waals surface area contributed by atoms with Crippen LogP contribution in [-0.4, -0.2) is 43.6 Å². The average molecular weight is 399 g/mol. The Bertz CT molecular complexity index is 1240. The fourth-order valence-corrected chi connectivity index (χ4v) is 4.73. The molecule has 2 aliphatic rings. The molecular weight excluding hydrogens is 372 g/mol. The number of fused-ring (bicyclic) bond motifs is 2. The van der Waals surface area contributed by atoms with Gasteiger partial charge in [-0.15, -0.1) is 10.2 Å². The van der Waals surface area contributed by atoms with Gasteiger partial charge in [-0.2, -0.15) is 0 Å². The molecule has 2 fully saturated rings. The third-order valence-electron chi connectivity index (χ3n) is 6.71. The molecule has 1 aliphatic heterocycles. The fraction of sp³-hybridized carbons (Fsp3) is 0.375. The van der Waals surface area contributed by atoms with Crippen LogP contribution in [0.15, 0.2) is 48.7 Å². The summed E-state index contributed by atoms with van der Waals surface area (Å²) in [7, 11) is 0. The first-order chi connectivity index (χ1) is 14.7. The van der Waals surface area contributed by atoms with E-state index in [-0.39, 0.29) is 6.04 Å². The molecule has 3 aromatic heterocycles. The van der Waals surface area contributed by atoms with Crippen molar-refractivity contribution in [1.29, 1.82) is 0 Å². The highest BCUT2D eigenvalue weighted by atomic mass is 15.3. The van der Waals surface area contributed by atoms with Gasteiger partial charge in [-0.05, 0) is 55.4 Å². The molecule has 2 atom stereocenters. The lowest BCUT2D eigenvalue weighted by Crippen LogP contribution is -2.28. The second-order valence-electron chi connectivity index (χ2n) is 8.82. The lowest BCUT2D eigenvalue weighted by atomic mass is 10.1. The number of hydrogen-bond acceptors (Lipinski definition) is 5. The number of hydrogen-bond donors (Lipinski definition) is 1. The maximum absolute atomic E-state index is 6.12. The molecule has 6 nitrogen and oxygen atoms in total. The molecule has 1 aliphatic carbocycles. The number of benzene rings is 1. The van der Waals surface area contributed by atoms with Gasteiger partial charge in [0.25, 0.3) is 0 Å². The SMILES string of the molecule is C[C@@H](c1ccc2nnc(-c3ccc4cccc(C5CC5)c4n3)n2c1)N1CC[C@H](N)C1. The Hall–Kier alpha value is -2.83. The quantitative estimate of drug-likeness (QED) is 0.564. The van der Waals surface area contributed by atoms with Crippen LogP contribution in [0.5, 0.6) is 0 Å². The van der Waals surface area contributed by atoms with Crippen molar-refractivity contribution >= 4 is 16.6 Å². The lowest BCUT2D eigenvalue weighted by molar-refractivity contribution is 0.259. The molecule has 6 rings (SSSR count). The zero-order chi connectivity index (χ0) is 20.2. The molecule has 0 amide bonds. The van der Waals surface area contributed by atoms with E-state index >= 15 is 0 Å². The van der Waals surface area contributed by atoms with Crippen molar-refractivity contribution < 1.29 is 0 Å². The normalized spacial score (nSPS) is 20.9. The molecule has 0 bridgehead atoms. The van der Waals surface area contributed by atoms with Crippen molar-refractivity contribution in [3.63, 3.8) is 0 Å². The van der Waals surface area contributed by atoms with Crippen LogP contribution >= 0.6 is 0 Å². The summed E-state index contributed by atoms with van der Waals surface area (Å²) >= 11 is 0. The zero-order valence-corrected chi connectivity index (χ0v) is 17.2. The number of pyridine rings is 2. The second kappa shape index (κ2) is 6.86. The molecule has 1 saturated heterocycles.